The number of likely N-dealkylation sites (N-methyl/N-ethyl adjacent to an activating group) is 1. The number of hydrogen-bond donors (Lipinski definition) is 2. The van der Waals surface area contributed by atoms with Crippen LogP contribution in [-0.4, -0.2) is 61.2 Å². The summed E-state index contributed by atoms with van der Waals surface area (Å²) in [6.45, 7) is 0.792. The predicted molar refractivity (Wildman–Crippen MR) is 113 cm³/mol. The number of aliphatic carboxylic acids is 1. The Balaban J connectivity index is 2.69. The number of aldehydes is 2. The van der Waals surface area contributed by atoms with Crippen LogP contribution in [0, 0.1) is 0 Å². The zero-order valence-corrected chi connectivity index (χ0v) is 17.8. The van der Waals surface area contributed by atoms with Gasteiger partial charge >= 0.3 is 5.97 Å². The highest BCUT2D eigenvalue weighted by molar-refractivity contribution is 5.79. The number of unbranched alkanes of at least 4 members (excludes halogenated alkanes) is 3. The number of ether oxygens (including phenoxy) is 1. The van der Waals surface area contributed by atoms with Crippen molar-refractivity contribution in [2.24, 2.45) is 0 Å². The van der Waals surface area contributed by atoms with Gasteiger partial charge in [-0.2, -0.15) is 0 Å². The number of amides is 1. The second kappa shape index (κ2) is 14.3. The van der Waals surface area contributed by atoms with Crippen LogP contribution in [0.3, 0.4) is 0 Å². The van der Waals surface area contributed by atoms with Gasteiger partial charge in [0.15, 0.2) is 6.29 Å². The molecular formula is C22H32N2O6. The third-order valence-electron chi connectivity index (χ3n) is 4.92. The Labute approximate surface area is 177 Å². The summed E-state index contributed by atoms with van der Waals surface area (Å²) in [5.41, 5.74) is 1.20. The Morgan fingerprint density at radius 1 is 1.17 bits per heavy atom. The van der Waals surface area contributed by atoms with Gasteiger partial charge in [0.1, 0.15) is 12.0 Å². The first-order chi connectivity index (χ1) is 14.4. The van der Waals surface area contributed by atoms with Gasteiger partial charge in [-0.25, -0.2) is 0 Å². The standard InChI is InChI=1S/C22H32N2O6/c1-23-21(27)12-11-18(16-26)24(2)14-19-17(15-25)8-7-9-20(19)30-13-6-4-3-5-10-22(28)29/h7-9,15-16,18H,3-6,10-14H2,1-2H3,(H,23,27)(H,28,29). The van der Waals surface area contributed by atoms with Gasteiger partial charge in [0.25, 0.3) is 0 Å². The minimum Gasteiger partial charge on any atom is -0.493 e. The lowest BCUT2D eigenvalue weighted by atomic mass is 10.0. The average Bonchev–Trinajstić information content (AvgIpc) is 2.73. The van der Waals surface area contributed by atoms with E-state index in [9.17, 15) is 19.2 Å². The van der Waals surface area contributed by atoms with Gasteiger partial charge < -0.3 is 20.0 Å². The van der Waals surface area contributed by atoms with E-state index in [-0.39, 0.29) is 18.7 Å². The van der Waals surface area contributed by atoms with Crippen LogP contribution in [0.4, 0.5) is 0 Å². The molecule has 1 rings (SSSR count). The second-order valence-electron chi connectivity index (χ2n) is 7.18. The first-order valence-electron chi connectivity index (χ1n) is 10.2. The van der Waals surface area contributed by atoms with Crippen molar-refractivity contribution in [3.63, 3.8) is 0 Å². The number of carboxylic acids is 1. The minimum absolute atomic E-state index is 0.129. The van der Waals surface area contributed by atoms with Gasteiger partial charge in [-0.05, 0) is 32.4 Å². The van der Waals surface area contributed by atoms with Gasteiger partial charge in [-0.1, -0.05) is 25.0 Å². The second-order valence-corrected chi connectivity index (χ2v) is 7.18. The summed E-state index contributed by atoms with van der Waals surface area (Å²) in [5, 5.41) is 11.2. The van der Waals surface area contributed by atoms with Crippen LogP contribution < -0.4 is 10.1 Å². The monoisotopic (exact) mass is 420 g/mol. The molecule has 2 N–H and O–H groups in total. The highest BCUT2D eigenvalue weighted by Crippen LogP contribution is 2.24. The lowest BCUT2D eigenvalue weighted by Gasteiger charge is -2.25. The Bertz CT molecular complexity index is 707. The smallest absolute Gasteiger partial charge is 0.303 e. The maximum Gasteiger partial charge on any atom is 0.303 e. The maximum absolute atomic E-state index is 11.5. The Morgan fingerprint density at radius 2 is 1.90 bits per heavy atom. The fraction of sp³-hybridized carbons (Fsp3) is 0.545. The molecule has 1 aromatic rings. The molecule has 0 spiro atoms. The van der Waals surface area contributed by atoms with Gasteiger partial charge in [0.2, 0.25) is 5.91 Å². The van der Waals surface area contributed by atoms with Crippen molar-refractivity contribution in [1.82, 2.24) is 10.2 Å². The van der Waals surface area contributed by atoms with E-state index in [1.54, 1.807) is 37.2 Å². The zero-order chi connectivity index (χ0) is 22.4. The van der Waals surface area contributed by atoms with Crippen LogP contribution in [0.1, 0.15) is 60.9 Å². The summed E-state index contributed by atoms with van der Waals surface area (Å²) in [6.07, 6.45) is 5.50. The van der Waals surface area contributed by atoms with Crippen molar-refractivity contribution >= 4 is 24.4 Å². The Hall–Kier alpha value is -2.74. The number of nitrogens with zero attached hydrogens (tertiary/aromatic N) is 1. The predicted octanol–water partition coefficient (Wildman–Crippen LogP) is 2.44. The molecule has 0 radical (unpaired) electrons. The molecule has 166 valence electrons. The lowest BCUT2D eigenvalue weighted by Crippen LogP contribution is -2.34. The average molecular weight is 421 g/mol. The van der Waals surface area contributed by atoms with Crippen LogP contribution in [0.25, 0.3) is 0 Å². The molecule has 0 saturated carbocycles. The van der Waals surface area contributed by atoms with E-state index in [1.807, 2.05) is 0 Å². The molecule has 0 bridgehead atoms. The molecular weight excluding hydrogens is 388 g/mol. The molecule has 8 heteroatoms. The first kappa shape index (κ1) is 25.3. The Morgan fingerprint density at radius 3 is 2.53 bits per heavy atom. The van der Waals surface area contributed by atoms with Crippen LogP contribution >= 0.6 is 0 Å². The maximum atomic E-state index is 11.5. The zero-order valence-electron chi connectivity index (χ0n) is 17.8. The molecule has 1 atom stereocenters. The highest BCUT2D eigenvalue weighted by Gasteiger charge is 2.19. The van der Waals surface area contributed by atoms with Crippen molar-refractivity contribution in [2.45, 2.75) is 57.5 Å². The fourth-order valence-electron chi connectivity index (χ4n) is 3.07. The summed E-state index contributed by atoms with van der Waals surface area (Å²) < 4.78 is 5.88. The van der Waals surface area contributed by atoms with E-state index in [1.165, 1.54) is 0 Å². The molecule has 0 heterocycles. The summed E-state index contributed by atoms with van der Waals surface area (Å²) in [7, 11) is 3.33. The van der Waals surface area contributed by atoms with Crippen molar-refractivity contribution in [3.05, 3.63) is 29.3 Å². The molecule has 1 amide bonds. The van der Waals surface area contributed by atoms with E-state index < -0.39 is 12.0 Å². The fourth-order valence-corrected chi connectivity index (χ4v) is 3.07. The van der Waals surface area contributed by atoms with Gasteiger partial charge in [0.05, 0.1) is 12.6 Å². The normalized spacial score (nSPS) is 11.7. The largest absolute Gasteiger partial charge is 0.493 e. The SMILES string of the molecule is CNC(=O)CCC(C=O)N(C)Cc1c(C=O)cccc1OCCCCCCC(=O)O. The van der Waals surface area contributed by atoms with Gasteiger partial charge in [-0.15, -0.1) is 0 Å². The van der Waals surface area contributed by atoms with Gasteiger partial charge in [-0.3, -0.25) is 19.3 Å². The quantitative estimate of drug-likeness (QED) is 0.312. The van der Waals surface area contributed by atoms with Crippen molar-refractivity contribution in [1.29, 1.82) is 0 Å². The van der Waals surface area contributed by atoms with Gasteiger partial charge in [0, 0.05) is 37.6 Å². The number of carbonyl (C=O) groups is 4. The number of nitrogens with one attached hydrogen (secondary N) is 1. The summed E-state index contributed by atoms with van der Waals surface area (Å²) >= 11 is 0. The molecule has 0 saturated heterocycles. The summed E-state index contributed by atoms with van der Waals surface area (Å²) in [4.78, 5) is 46.8. The Kier molecular flexibility index (Phi) is 12.0. The van der Waals surface area contributed by atoms with Crippen molar-refractivity contribution in [2.75, 3.05) is 20.7 Å². The number of carbonyl (C=O) groups excluding carboxylic acids is 3. The molecule has 1 unspecified atom stereocenters. The summed E-state index contributed by atoms with van der Waals surface area (Å²) in [6, 6.07) is 4.79. The van der Waals surface area contributed by atoms with Crippen molar-refractivity contribution in [3.8, 4) is 5.75 Å². The van der Waals surface area contributed by atoms with Crippen LogP contribution in [0.2, 0.25) is 0 Å². The molecule has 0 aromatic heterocycles. The molecule has 0 fully saturated rings. The molecule has 0 aliphatic rings. The molecule has 0 aliphatic heterocycles. The van der Waals surface area contributed by atoms with E-state index in [0.29, 0.717) is 42.9 Å². The van der Waals surface area contributed by atoms with E-state index in [4.69, 9.17) is 9.84 Å². The lowest BCUT2D eigenvalue weighted by molar-refractivity contribution is -0.137. The topological polar surface area (TPSA) is 113 Å². The third kappa shape index (κ3) is 9.17. The van der Waals surface area contributed by atoms with Crippen molar-refractivity contribution < 1.29 is 29.0 Å². The van der Waals surface area contributed by atoms with E-state index >= 15 is 0 Å². The van der Waals surface area contributed by atoms with Crippen LogP contribution in [-0.2, 0) is 20.9 Å². The van der Waals surface area contributed by atoms with E-state index in [0.717, 1.165) is 31.8 Å². The highest BCUT2D eigenvalue weighted by atomic mass is 16.5. The minimum atomic E-state index is -0.783. The van der Waals surface area contributed by atoms with E-state index in [2.05, 4.69) is 5.32 Å². The van der Waals surface area contributed by atoms with Crippen LogP contribution in [0.15, 0.2) is 18.2 Å². The molecule has 1 aromatic carbocycles. The number of hydrogen-bond acceptors (Lipinski definition) is 6. The third-order valence-corrected chi connectivity index (χ3v) is 4.92. The number of rotatable bonds is 16. The summed E-state index contributed by atoms with van der Waals surface area (Å²) in [5.74, 6) is -0.321. The molecule has 0 aliphatic carbocycles. The molecule has 30 heavy (non-hydrogen) atoms. The number of carboxylic acid groups (broad SMARTS) is 1. The first-order valence-corrected chi connectivity index (χ1v) is 10.2. The number of benzene rings is 1. The van der Waals surface area contributed by atoms with Crippen LogP contribution in [0.5, 0.6) is 5.75 Å². The molecule has 8 nitrogen and oxygen atoms in total.